The highest BCUT2D eigenvalue weighted by Crippen LogP contribution is 2.21. The molecule has 0 unspecified atom stereocenters. The number of aromatic nitrogens is 3. The Balaban J connectivity index is 1.75. The number of thioether (sulfide) groups is 1. The van der Waals surface area contributed by atoms with Gasteiger partial charge in [0.15, 0.2) is 5.16 Å². The molecule has 0 amide bonds. The van der Waals surface area contributed by atoms with E-state index in [1.54, 1.807) is 11.8 Å². The lowest BCUT2D eigenvalue weighted by Crippen LogP contribution is -2.37. The molecular formula is C15H19N5OS. The predicted octanol–water partition coefficient (Wildman–Crippen LogP) is 1.46. The van der Waals surface area contributed by atoms with Crippen LogP contribution in [-0.4, -0.2) is 41.3 Å². The van der Waals surface area contributed by atoms with E-state index in [2.05, 4.69) is 32.0 Å². The van der Waals surface area contributed by atoms with E-state index in [-0.39, 0.29) is 0 Å². The number of hydrogen-bond donors (Lipinski definition) is 1. The minimum atomic E-state index is 0.318. The molecule has 7 heteroatoms. The molecular weight excluding hydrogens is 298 g/mol. The van der Waals surface area contributed by atoms with Crippen LogP contribution in [0.15, 0.2) is 35.5 Å². The van der Waals surface area contributed by atoms with Gasteiger partial charge in [-0.1, -0.05) is 42.1 Å². The van der Waals surface area contributed by atoms with Gasteiger partial charge in [-0.25, -0.2) is 4.98 Å². The normalized spacial score (nSPS) is 15.0. The van der Waals surface area contributed by atoms with E-state index in [0.717, 1.165) is 24.0 Å². The number of ether oxygens (including phenoxy) is 1. The van der Waals surface area contributed by atoms with E-state index < -0.39 is 0 Å². The maximum atomic E-state index is 5.72. The molecule has 22 heavy (non-hydrogen) atoms. The molecule has 6 nitrogen and oxygen atoms in total. The Bertz CT molecular complexity index is 604. The van der Waals surface area contributed by atoms with E-state index in [1.165, 1.54) is 5.56 Å². The minimum absolute atomic E-state index is 0.318. The number of nitrogens with two attached hydrogens (primary N) is 1. The lowest BCUT2D eigenvalue weighted by atomic mass is 10.2. The van der Waals surface area contributed by atoms with Crippen LogP contribution in [-0.2, 0) is 17.0 Å². The number of nitrogens with zero attached hydrogens (tertiary/aromatic N) is 4. The molecule has 2 N–H and O–H groups in total. The van der Waals surface area contributed by atoms with Crippen LogP contribution in [0.4, 0.5) is 5.95 Å². The summed E-state index contributed by atoms with van der Waals surface area (Å²) in [7, 11) is 0. The number of hydrogen-bond acceptors (Lipinski definition) is 7. The molecule has 0 aliphatic carbocycles. The van der Waals surface area contributed by atoms with Gasteiger partial charge in [0.25, 0.3) is 0 Å². The van der Waals surface area contributed by atoms with Crippen molar-refractivity contribution in [3.05, 3.63) is 41.7 Å². The minimum Gasteiger partial charge on any atom is -0.378 e. The Morgan fingerprint density at radius 1 is 1.09 bits per heavy atom. The molecule has 2 heterocycles. The van der Waals surface area contributed by atoms with Crippen LogP contribution in [0.2, 0.25) is 0 Å². The van der Waals surface area contributed by atoms with Crippen molar-refractivity contribution in [1.29, 1.82) is 0 Å². The fourth-order valence-corrected chi connectivity index (χ4v) is 2.97. The van der Waals surface area contributed by atoms with Crippen LogP contribution in [0.25, 0.3) is 0 Å². The summed E-state index contributed by atoms with van der Waals surface area (Å²) in [5.41, 5.74) is 6.96. The van der Waals surface area contributed by atoms with E-state index in [9.17, 15) is 0 Å². The zero-order valence-electron chi connectivity index (χ0n) is 12.3. The Morgan fingerprint density at radius 3 is 2.59 bits per heavy atom. The highest BCUT2D eigenvalue weighted by Gasteiger charge is 2.16. The highest BCUT2D eigenvalue weighted by atomic mass is 32.2. The van der Waals surface area contributed by atoms with Crippen molar-refractivity contribution in [3.63, 3.8) is 0 Å². The smallest absolute Gasteiger partial charge is 0.229 e. The molecule has 2 aromatic rings. The second kappa shape index (κ2) is 7.53. The van der Waals surface area contributed by atoms with Gasteiger partial charge in [0, 0.05) is 18.8 Å². The van der Waals surface area contributed by atoms with Crippen LogP contribution in [0.1, 0.15) is 11.4 Å². The zero-order valence-corrected chi connectivity index (χ0v) is 13.1. The maximum Gasteiger partial charge on any atom is 0.229 e. The van der Waals surface area contributed by atoms with Gasteiger partial charge >= 0.3 is 0 Å². The molecule has 0 saturated carbocycles. The summed E-state index contributed by atoms with van der Waals surface area (Å²) in [5.74, 6) is 2.17. The van der Waals surface area contributed by atoms with Crippen molar-refractivity contribution in [2.45, 2.75) is 17.5 Å². The summed E-state index contributed by atoms with van der Waals surface area (Å²) in [5, 5.41) is 0.723. The number of anilines is 1. The summed E-state index contributed by atoms with van der Waals surface area (Å²) >= 11 is 1.61. The highest BCUT2D eigenvalue weighted by molar-refractivity contribution is 7.98. The van der Waals surface area contributed by atoms with E-state index in [0.29, 0.717) is 31.5 Å². The first-order valence-electron chi connectivity index (χ1n) is 7.29. The van der Waals surface area contributed by atoms with Gasteiger partial charge < -0.3 is 15.4 Å². The van der Waals surface area contributed by atoms with Crippen molar-refractivity contribution in [2.75, 3.05) is 31.2 Å². The van der Waals surface area contributed by atoms with Crippen molar-refractivity contribution < 1.29 is 4.74 Å². The van der Waals surface area contributed by atoms with Crippen molar-refractivity contribution in [3.8, 4) is 0 Å². The summed E-state index contributed by atoms with van der Waals surface area (Å²) in [4.78, 5) is 15.6. The lowest BCUT2D eigenvalue weighted by Gasteiger charge is -2.27. The van der Waals surface area contributed by atoms with Crippen LogP contribution in [0.5, 0.6) is 0 Å². The van der Waals surface area contributed by atoms with Gasteiger partial charge in [0.2, 0.25) is 5.95 Å². The number of morpholine rings is 1. The monoisotopic (exact) mass is 317 g/mol. The van der Waals surface area contributed by atoms with E-state index in [4.69, 9.17) is 10.5 Å². The predicted molar refractivity (Wildman–Crippen MR) is 86.8 cm³/mol. The largest absolute Gasteiger partial charge is 0.378 e. The SMILES string of the molecule is NCc1nc(SCc2ccccc2)nc(N2CCOCC2)n1. The van der Waals surface area contributed by atoms with Gasteiger partial charge in [-0.05, 0) is 5.56 Å². The van der Waals surface area contributed by atoms with Crippen LogP contribution in [0.3, 0.4) is 0 Å². The fourth-order valence-electron chi connectivity index (χ4n) is 2.17. The molecule has 1 aliphatic rings. The average Bonchev–Trinajstić information content (AvgIpc) is 2.61. The van der Waals surface area contributed by atoms with Crippen molar-refractivity contribution >= 4 is 17.7 Å². The molecule has 116 valence electrons. The fraction of sp³-hybridized carbons (Fsp3) is 0.400. The van der Waals surface area contributed by atoms with Crippen molar-refractivity contribution in [1.82, 2.24) is 15.0 Å². The summed E-state index contributed by atoms with van der Waals surface area (Å²) < 4.78 is 5.37. The molecule has 1 fully saturated rings. The van der Waals surface area contributed by atoms with Crippen LogP contribution < -0.4 is 10.6 Å². The molecule has 3 rings (SSSR count). The average molecular weight is 317 g/mol. The van der Waals surface area contributed by atoms with Gasteiger partial charge in [-0.3, -0.25) is 0 Å². The quantitative estimate of drug-likeness (QED) is 0.836. The Kier molecular flexibility index (Phi) is 5.20. The summed E-state index contributed by atoms with van der Waals surface area (Å²) in [6.07, 6.45) is 0. The third kappa shape index (κ3) is 3.94. The van der Waals surface area contributed by atoms with Gasteiger partial charge in [-0.15, -0.1) is 0 Å². The lowest BCUT2D eigenvalue weighted by molar-refractivity contribution is 0.122. The van der Waals surface area contributed by atoms with E-state index in [1.807, 2.05) is 18.2 Å². The van der Waals surface area contributed by atoms with E-state index >= 15 is 0 Å². The van der Waals surface area contributed by atoms with Gasteiger partial charge in [0.05, 0.1) is 19.8 Å². The first-order valence-corrected chi connectivity index (χ1v) is 8.28. The first-order chi connectivity index (χ1) is 10.8. The summed E-state index contributed by atoms with van der Waals surface area (Å²) in [6, 6.07) is 10.3. The molecule has 0 radical (unpaired) electrons. The topological polar surface area (TPSA) is 77.2 Å². The van der Waals surface area contributed by atoms with Crippen LogP contribution in [0, 0.1) is 0 Å². The summed E-state index contributed by atoms with van der Waals surface area (Å²) in [6.45, 7) is 3.33. The Labute approximate surface area is 134 Å². The maximum absolute atomic E-state index is 5.72. The second-order valence-corrected chi connectivity index (χ2v) is 5.85. The Morgan fingerprint density at radius 2 is 1.86 bits per heavy atom. The number of benzene rings is 1. The van der Waals surface area contributed by atoms with Gasteiger partial charge in [0.1, 0.15) is 5.82 Å². The second-order valence-electron chi connectivity index (χ2n) is 4.91. The molecule has 1 saturated heterocycles. The standard InChI is InChI=1S/C15H19N5OS/c16-10-13-17-14(20-6-8-21-9-7-20)19-15(18-13)22-11-12-4-2-1-3-5-12/h1-5H,6-11,16H2. The third-order valence-corrected chi connectivity index (χ3v) is 4.26. The van der Waals surface area contributed by atoms with Gasteiger partial charge in [-0.2, -0.15) is 9.97 Å². The third-order valence-electron chi connectivity index (χ3n) is 3.34. The van der Waals surface area contributed by atoms with Crippen molar-refractivity contribution in [2.24, 2.45) is 5.73 Å². The number of rotatable bonds is 5. The molecule has 0 bridgehead atoms. The zero-order chi connectivity index (χ0) is 15.2. The molecule has 1 aliphatic heterocycles. The molecule has 1 aromatic carbocycles. The molecule has 0 atom stereocenters. The molecule has 0 spiro atoms. The van der Waals surface area contributed by atoms with Crippen LogP contribution >= 0.6 is 11.8 Å². The molecule has 1 aromatic heterocycles. The first kappa shape index (κ1) is 15.2. The Hall–Kier alpha value is -1.70.